The van der Waals surface area contributed by atoms with Crippen LogP contribution in [-0.2, 0) is 23.1 Å². The second kappa shape index (κ2) is 9.33. The minimum absolute atomic E-state index is 0.0832. The van der Waals surface area contributed by atoms with Gasteiger partial charge in [0.25, 0.3) is 0 Å². The predicted octanol–water partition coefficient (Wildman–Crippen LogP) is 4.76. The van der Waals surface area contributed by atoms with E-state index < -0.39 is 0 Å². The number of rotatable bonds is 8. The van der Waals surface area contributed by atoms with E-state index in [1.807, 2.05) is 24.7 Å². The lowest BCUT2D eigenvalue weighted by molar-refractivity contribution is -0.104. The fourth-order valence-corrected chi connectivity index (χ4v) is 5.89. The SMILES string of the molecule is c1ccc([C@]2(CCNCc3cnc(CC4CCC4)nc3)CCOC3(CCCC3)C2)nc1. The van der Waals surface area contributed by atoms with E-state index in [0.717, 1.165) is 57.1 Å². The Labute approximate surface area is 186 Å². The molecule has 1 N–H and O–H groups in total. The fraction of sp³-hybridized carbons (Fsp3) is 0.654. The highest BCUT2D eigenvalue weighted by Gasteiger charge is 2.48. The molecule has 1 aliphatic heterocycles. The van der Waals surface area contributed by atoms with Gasteiger partial charge in [0.05, 0.1) is 5.60 Å². The maximum absolute atomic E-state index is 6.36. The number of nitrogens with zero attached hydrogens (tertiary/aromatic N) is 3. The van der Waals surface area contributed by atoms with Crippen LogP contribution in [0.4, 0.5) is 0 Å². The van der Waals surface area contributed by atoms with Crippen LogP contribution in [-0.4, -0.2) is 33.7 Å². The monoisotopic (exact) mass is 420 g/mol. The van der Waals surface area contributed by atoms with Crippen molar-refractivity contribution in [2.45, 2.75) is 88.2 Å². The number of hydrogen-bond donors (Lipinski definition) is 1. The molecule has 1 saturated heterocycles. The van der Waals surface area contributed by atoms with Crippen molar-refractivity contribution in [1.29, 1.82) is 0 Å². The Balaban J connectivity index is 1.19. The molecule has 5 rings (SSSR count). The zero-order valence-corrected chi connectivity index (χ0v) is 18.7. The van der Waals surface area contributed by atoms with Crippen LogP contribution in [0.5, 0.6) is 0 Å². The Hall–Kier alpha value is -1.85. The van der Waals surface area contributed by atoms with E-state index in [4.69, 9.17) is 9.72 Å². The maximum Gasteiger partial charge on any atom is 0.128 e. The number of pyridine rings is 1. The topological polar surface area (TPSA) is 59.9 Å². The quantitative estimate of drug-likeness (QED) is 0.624. The predicted molar refractivity (Wildman–Crippen MR) is 122 cm³/mol. The van der Waals surface area contributed by atoms with Crippen LogP contribution in [0.25, 0.3) is 0 Å². The lowest BCUT2D eigenvalue weighted by atomic mass is 9.68. The minimum Gasteiger partial charge on any atom is -0.375 e. The molecule has 31 heavy (non-hydrogen) atoms. The Kier molecular flexibility index (Phi) is 6.33. The first-order valence-corrected chi connectivity index (χ1v) is 12.3. The summed E-state index contributed by atoms with van der Waals surface area (Å²) in [5, 5.41) is 3.66. The smallest absolute Gasteiger partial charge is 0.128 e. The van der Waals surface area contributed by atoms with Crippen LogP contribution in [0.2, 0.25) is 0 Å². The first-order chi connectivity index (χ1) is 15.3. The van der Waals surface area contributed by atoms with Crippen LogP contribution < -0.4 is 5.32 Å². The first kappa shape index (κ1) is 21.0. The number of hydrogen-bond acceptors (Lipinski definition) is 5. The van der Waals surface area contributed by atoms with Crippen molar-refractivity contribution in [2.75, 3.05) is 13.2 Å². The zero-order chi connectivity index (χ0) is 21.0. The molecule has 2 aliphatic carbocycles. The third-order valence-corrected chi connectivity index (χ3v) is 7.94. The lowest BCUT2D eigenvalue weighted by Crippen LogP contribution is -2.47. The molecule has 0 amide bonds. The van der Waals surface area contributed by atoms with Gasteiger partial charge in [0.2, 0.25) is 0 Å². The van der Waals surface area contributed by atoms with Crippen molar-refractivity contribution >= 4 is 0 Å². The summed E-state index contributed by atoms with van der Waals surface area (Å²) >= 11 is 0. The molecule has 2 aromatic heterocycles. The molecule has 5 heteroatoms. The molecule has 0 aromatic carbocycles. The van der Waals surface area contributed by atoms with Crippen molar-refractivity contribution in [3.05, 3.63) is 53.9 Å². The molecule has 3 heterocycles. The molecular weight excluding hydrogens is 384 g/mol. The van der Waals surface area contributed by atoms with Crippen molar-refractivity contribution in [2.24, 2.45) is 5.92 Å². The molecule has 1 atom stereocenters. The van der Waals surface area contributed by atoms with Crippen LogP contribution >= 0.6 is 0 Å². The summed E-state index contributed by atoms with van der Waals surface area (Å²) in [7, 11) is 0. The molecule has 3 fully saturated rings. The minimum atomic E-state index is 0.0832. The Bertz CT molecular complexity index is 830. The van der Waals surface area contributed by atoms with Crippen molar-refractivity contribution < 1.29 is 4.74 Å². The summed E-state index contributed by atoms with van der Waals surface area (Å²) in [5.41, 5.74) is 2.61. The number of aromatic nitrogens is 3. The van der Waals surface area contributed by atoms with Gasteiger partial charge in [0.15, 0.2) is 0 Å². The van der Waals surface area contributed by atoms with Gasteiger partial charge >= 0.3 is 0 Å². The first-order valence-electron chi connectivity index (χ1n) is 12.3. The maximum atomic E-state index is 6.36. The van der Waals surface area contributed by atoms with Gasteiger partial charge in [-0.1, -0.05) is 38.2 Å². The lowest BCUT2D eigenvalue weighted by Gasteiger charge is -2.46. The second-order valence-corrected chi connectivity index (χ2v) is 10.1. The van der Waals surface area contributed by atoms with E-state index in [1.54, 1.807) is 0 Å². The van der Waals surface area contributed by atoms with Crippen LogP contribution in [0.3, 0.4) is 0 Å². The molecule has 0 bridgehead atoms. The van der Waals surface area contributed by atoms with Crippen LogP contribution in [0.15, 0.2) is 36.8 Å². The third-order valence-electron chi connectivity index (χ3n) is 7.94. The number of ether oxygens (including phenoxy) is 1. The van der Waals surface area contributed by atoms with E-state index in [1.165, 1.54) is 56.2 Å². The summed E-state index contributed by atoms with van der Waals surface area (Å²) in [6.07, 6.45) is 19.3. The third kappa shape index (κ3) is 4.83. The van der Waals surface area contributed by atoms with Gasteiger partial charge in [0, 0.05) is 54.8 Å². The molecule has 1 spiro atoms. The molecule has 2 saturated carbocycles. The molecule has 3 aliphatic rings. The largest absolute Gasteiger partial charge is 0.375 e. The molecule has 166 valence electrons. The van der Waals surface area contributed by atoms with E-state index in [9.17, 15) is 0 Å². The molecule has 0 unspecified atom stereocenters. The van der Waals surface area contributed by atoms with Gasteiger partial charge in [-0.2, -0.15) is 0 Å². The van der Waals surface area contributed by atoms with E-state index in [-0.39, 0.29) is 11.0 Å². The zero-order valence-electron chi connectivity index (χ0n) is 18.7. The molecule has 0 radical (unpaired) electrons. The van der Waals surface area contributed by atoms with E-state index in [2.05, 4.69) is 27.4 Å². The van der Waals surface area contributed by atoms with Gasteiger partial charge in [-0.05, 0) is 56.7 Å². The van der Waals surface area contributed by atoms with Crippen molar-refractivity contribution in [3.63, 3.8) is 0 Å². The summed E-state index contributed by atoms with van der Waals surface area (Å²) in [6, 6.07) is 6.38. The van der Waals surface area contributed by atoms with E-state index >= 15 is 0 Å². The highest BCUT2D eigenvalue weighted by molar-refractivity contribution is 5.20. The average molecular weight is 421 g/mol. The second-order valence-electron chi connectivity index (χ2n) is 10.1. The molecule has 5 nitrogen and oxygen atoms in total. The number of nitrogens with one attached hydrogen (secondary N) is 1. The summed E-state index contributed by atoms with van der Waals surface area (Å²) in [4.78, 5) is 14.0. The van der Waals surface area contributed by atoms with Gasteiger partial charge in [-0.3, -0.25) is 4.98 Å². The summed E-state index contributed by atoms with van der Waals surface area (Å²) in [5.74, 6) is 1.82. The van der Waals surface area contributed by atoms with Gasteiger partial charge in [-0.15, -0.1) is 0 Å². The fourth-order valence-electron chi connectivity index (χ4n) is 5.89. The normalized spacial score (nSPS) is 25.5. The molecular formula is C26H36N4O. The van der Waals surface area contributed by atoms with Crippen LogP contribution in [0, 0.1) is 5.92 Å². The highest BCUT2D eigenvalue weighted by Crippen LogP contribution is 2.49. The summed E-state index contributed by atoms with van der Waals surface area (Å²) < 4.78 is 6.36. The molecule has 2 aromatic rings. The van der Waals surface area contributed by atoms with Gasteiger partial charge < -0.3 is 10.1 Å². The van der Waals surface area contributed by atoms with Crippen LogP contribution in [0.1, 0.15) is 81.3 Å². The van der Waals surface area contributed by atoms with Crippen molar-refractivity contribution in [3.8, 4) is 0 Å². The van der Waals surface area contributed by atoms with Gasteiger partial charge in [0.1, 0.15) is 5.82 Å². The Morgan fingerprint density at radius 2 is 1.84 bits per heavy atom. The Morgan fingerprint density at radius 1 is 1.00 bits per heavy atom. The Morgan fingerprint density at radius 3 is 2.55 bits per heavy atom. The van der Waals surface area contributed by atoms with Gasteiger partial charge in [-0.25, -0.2) is 9.97 Å². The standard InChI is InChI=1S/C26H36N4O/c1-4-13-28-23(8-1)25(12-15-31-26(20-25)9-2-3-10-26)11-14-27-17-22-18-29-24(30-19-22)16-21-6-5-7-21/h1,4,8,13,18-19,21,27H,2-3,5-7,9-12,14-17,20H2/t25-/m1/s1. The van der Waals surface area contributed by atoms with E-state index in [0.29, 0.717) is 0 Å². The average Bonchev–Trinajstić information content (AvgIpc) is 3.22. The highest BCUT2D eigenvalue weighted by atomic mass is 16.5. The summed E-state index contributed by atoms with van der Waals surface area (Å²) in [6.45, 7) is 2.65. The van der Waals surface area contributed by atoms with Crippen molar-refractivity contribution in [1.82, 2.24) is 20.3 Å².